The lowest BCUT2D eigenvalue weighted by Gasteiger charge is -1.99. The zero-order valence-electron chi connectivity index (χ0n) is 8.70. The molecule has 0 radical (unpaired) electrons. The van der Waals surface area contributed by atoms with Gasteiger partial charge >= 0.3 is 5.97 Å². The van der Waals surface area contributed by atoms with Gasteiger partial charge in [-0.1, -0.05) is 28.1 Å². The molecule has 0 saturated heterocycles. The fraction of sp³-hybridized carbons (Fsp3) is 0.273. The number of alkyl halides is 1. The number of aromatic nitrogens is 1. The highest BCUT2D eigenvalue weighted by Gasteiger charge is 2.11. The maximum absolute atomic E-state index is 11.2. The minimum Gasteiger partial charge on any atom is -0.469 e. The van der Waals surface area contributed by atoms with Crippen LogP contribution in [0.1, 0.15) is 11.5 Å². The normalized spacial score (nSPS) is 10.6. The molecule has 0 unspecified atom stereocenters. The molecule has 84 valence electrons. The molecule has 0 aliphatic rings. The number of rotatable bonds is 3. The minimum atomic E-state index is -0.282. The second-order valence-electron chi connectivity index (χ2n) is 3.26. The molecule has 2 rings (SSSR count). The fourth-order valence-electron chi connectivity index (χ4n) is 1.48. The molecule has 2 aromatic rings. The highest BCUT2D eigenvalue weighted by atomic mass is 79.9. The maximum atomic E-state index is 11.2. The number of hydrogen-bond acceptors (Lipinski definition) is 4. The lowest BCUT2D eigenvalue weighted by Crippen LogP contribution is -2.04. The molecule has 0 spiro atoms. The predicted molar refractivity (Wildman–Crippen MR) is 62.4 cm³/mol. The standard InChI is InChI=1S/C11H10BrNO3/c1-15-10(14)5-7-3-2-4-8-11(7)13-9(6-12)16-8/h2-4H,5-6H2,1H3. The van der Waals surface area contributed by atoms with E-state index in [9.17, 15) is 4.79 Å². The van der Waals surface area contributed by atoms with E-state index in [-0.39, 0.29) is 12.4 Å². The summed E-state index contributed by atoms with van der Waals surface area (Å²) in [6.07, 6.45) is 0.210. The molecule has 16 heavy (non-hydrogen) atoms. The van der Waals surface area contributed by atoms with Gasteiger partial charge in [-0.25, -0.2) is 4.98 Å². The summed E-state index contributed by atoms with van der Waals surface area (Å²) < 4.78 is 10.1. The highest BCUT2D eigenvalue weighted by Crippen LogP contribution is 2.21. The van der Waals surface area contributed by atoms with Gasteiger partial charge in [0.05, 0.1) is 18.9 Å². The Kier molecular flexibility index (Phi) is 3.24. The summed E-state index contributed by atoms with van der Waals surface area (Å²) in [5.74, 6) is 0.322. The van der Waals surface area contributed by atoms with Gasteiger partial charge in [0.15, 0.2) is 5.58 Å². The number of oxazole rings is 1. The molecule has 0 aliphatic heterocycles. The van der Waals surface area contributed by atoms with Crippen LogP contribution in [0.5, 0.6) is 0 Å². The van der Waals surface area contributed by atoms with Crippen LogP contribution in [-0.4, -0.2) is 18.1 Å². The second kappa shape index (κ2) is 4.65. The van der Waals surface area contributed by atoms with Crippen LogP contribution >= 0.6 is 15.9 Å². The quantitative estimate of drug-likeness (QED) is 0.641. The number of methoxy groups -OCH3 is 1. The van der Waals surface area contributed by atoms with E-state index in [2.05, 4.69) is 25.7 Å². The van der Waals surface area contributed by atoms with Crippen LogP contribution in [0.25, 0.3) is 11.1 Å². The first-order valence-electron chi connectivity index (χ1n) is 4.74. The van der Waals surface area contributed by atoms with Crippen molar-refractivity contribution in [3.63, 3.8) is 0 Å². The molecule has 0 N–H and O–H groups in total. The smallest absolute Gasteiger partial charge is 0.310 e. The second-order valence-corrected chi connectivity index (χ2v) is 3.82. The van der Waals surface area contributed by atoms with Crippen LogP contribution in [0.3, 0.4) is 0 Å². The Morgan fingerprint density at radius 2 is 2.38 bits per heavy atom. The van der Waals surface area contributed by atoms with Crippen molar-refractivity contribution in [2.75, 3.05) is 7.11 Å². The van der Waals surface area contributed by atoms with Crippen LogP contribution < -0.4 is 0 Å². The number of nitrogens with zero attached hydrogens (tertiary/aromatic N) is 1. The molecular weight excluding hydrogens is 274 g/mol. The average molecular weight is 284 g/mol. The van der Waals surface area contributed by atoms with Gasteiger partial charge in [0.2, 0.25) is 5.89 Å². The third-order valence-corrected chi connectivity index (χ3v) is 2.70. The number of halogens is 1. The molecule has 0 aliphatic carbocycles. The number of esters is 1. The maximum Gasteiger partial charge on any atom is 0.310 e. The predicted octanol–water partition coefficient (Wildman–Crippen LogP) is 2.44. The van der Waals surface area contributed by atoms with Crippen molar-refractivity contribution in [2.45, 2.75) is 11.8 Å². The van der Waals surface area contributed by atoms with Crippen molar-refractivity contribution in [2.24, 2.45) is 0 Å². The topological polar surface area (TPSA) is 52.3 Å². The number of carbonyl (C=O) groups excluding carboxylic acids is 1. The van der Waals surface area contributed by atoms with Gasteiger partial charge in [0.1, 0.15) is 5.52 Å². The van der Waals surface area contributed by atoms with Crippen LogP contribution in [0, 0.1) is 0 Å². The van der Waals surface area contributed by atoms with Crippen molar-refractivity contribution >= 4 is 33.0 Å². The van der Waals surface area contributed by atoms with E-state index in [1.807, 2.05) is 18.2 Å². The average Bonchev–Trinajstić information content (AvgIpc) is 2.73. The van der Waals surface area contributed by atoms with Crippen molar-refractivity contribution < 1.29 is 13.9 Å². The van der Waals surface area contributed by atoms with E-state index >= 15 is 0 Å². The van der Waals surface area contributed by atoms with Crippen molar-refractivity contribution in [1.29, 1.82) is 0 Å². The number of ether oxygens (including phenoxy) is 1. The fourth-order valence-corrected chi connectivity index (χ4v) is 1.72. The molecule has 0 amide bonds. The summed E-state index contributed by atoms with van der Waals surface area (Å²) in [5, 5.41) is 0.555. The SMILES string of the molecule is COC(=O)Cc1cccc2oc(CBr)nc12. The monoisotopic (exact) mass is 283 g/mol. The lowest BCUT2D eigenvalue weighted by atomic mass is 10.1. The first kappa shape index (κ1) is 11.1. The number of para-hydroxylation sites is 1. The molecule has 0 bridgehead atoms. The molecule has 0 fully saturated rings. The number of carbonyl (C=O) groups is 1. The Morgan fingerprint density at radius 3 is 3.06 bits per heavy atom. The summed E-state index contributed by atoms with van der Waals surface area (Å²) in [6.45, 7) is 0. The summed E-state index contributed by atoms with van der Waals surface area (Å²) >= 11 is 3.28. The Hall–Kier alpha value is -1.36. The van der Waals surface area contributed by atoms with E-state index in [0.717, 1.165) is 11.1 Å². The minimum absolute atomic E-state index is 0.210. The zero-order valence-corrected chi connectivity index (χ0v) is 10.3. The molecule has 1 aromatic heterocycles. The van der Waals surface area contributed by atoms with Crippen molar-refractivity contribution in [3.05, 3.63) is 29.7 Å². The van der Waals surface area contributed by atoms with Gasteiger partial charge < -0.3 is 9.15 Å². The van der Waals surface area contributed by atoms with E-state index < -0.39 is 0 Å². The van der Waals surface area contributed by atoms with Crippen LogP contribution in [0.4, 0.5) is 0 Å². The first-order valence-corrected chi connectivity index (χ1v) is 5.87. The number of benzene rings is 1. The molecule has 0 atom stereocenters. The molecule has 1 aromatic carbocycles. The van der Waals surface area contributed by atoms with Crippen LogP contribution in [-0.2, 0) is 21.3 Å². The van der Waals surface area contributed by atoms with Gasteiger partial charge in [0, 0.05) is 0 Å². The Bertz CT molecular complexity index is 521. The van der Waals surface area contributed by atoms with Gasteiger partial charge in [0.25, 0.3) is 0 Å². The Morgan fingerprint density at radius 1 is 1.56 bits per heavy atom. The van der Waals surface area contributed by atoms with Gasteiger partial charge in [-0.15, -0.1) is 0 Å². The largest absolute Gasteiger partial charge is 0.469 e. The van der Waals surface area contributed by atoms with Crippen LogP contribution in [0.15, 0.2) is 22.6 Å². The summed E-state index contributed by atoms with van der Waals surface area (Å²) in [5.41, 5.74) is 2.23. The Labute approximate surface area is 101 Å². The van der Waals surface area contributed by atoms with E-state index in [4.69, 9.17) is 4.42 Å². The van der Waals surface area contributed by atoms with E-state index in [0.29, 0.717) is 16.8 Å². The first-order chi connectivity index (χ1) is 7.74. The Balaban J connectivity index is 2.44. The number of hydrogen-bond donors (Lipinski definition) is 0. The summed E-state index contributed by atoms with van der Waals surface area (Å²) in [4.78, 5) is 15.5. The third kappa shape index (κ3) is 2.09. The van der Waals surface area contributed by atoms with Crippen molar-refractivity contribution in [3.8, 4) is 0 Å². The van der Waals surface area contributed by atoms with Gasteiger partial charge in [-0.3, -0.25) is 4.79 Å². The summed E-state index contributed by atoms with van der Waals surface area (Å²) in [7, 11) is 1.37. The molecule has 1 heterocycles. The van der Waals surface area contributed by atoms with Crippen molar-refractivity contribution in [1.82, 2.24) is 4.98 Å². The van der Waals surface area contributed by atoms with Gasteiger partial charge in [-0.05, 0) is 11.6 Å². The molecule has 4 nitrogen and oxygen atoms in total. The number of fused-ring (bicyclic) bond motifs is 1. The van der Waals surface area contributed by atoms with E-state index in [1.165, 1.54) is 7.11 Å². The third-order valence-electron chi connectivity index (χ3n) is 2.22. The molecule has 5 heteroatoms. The zero-order chi connectivity index (χ0) is 11.5. The van der Waals surface area contributed by atoms with Crippen LogP contribution in [0.2, 0.25) is 0 Å². The lowest BCUT2D eigenvalue weighted by molar-refractivity contribution is -0.139. The molecule has 0 saturated carbocycles. The summed E-state index contributed by atoms with van der Waals surface area (Å²) in [6, 6.07) is 5.51. The van der Waals surface area contributed by atoms with E-state index in [1.54, 1.807) is 0 Å². The highest BCUT2D eigenvalue weighted by molar-refractivity contribution is 9.08. The molecular formula is C11H10BrNO3. The van der Waals surface area contributed by atoms with Gasteiger partial charge in [-0.2, -0.15) is 0 Å².